The summed E-state index contributed by atoms with van der Waals surface area (Å²) in [5.41, 5.74) is 0.442. The molecule has 32 heavy (non-hydrogen) atoms. The summed E-state index contributed by atoms with van der Waals surface area (Å²) < 4.78 is 69.7. The van der Waals surface area contributed by atoms with E-state index in [-0.39, 0.29) is 17.0 Å². The number of nitrogens with one attached hydrogen (secondary N) is 1. The lowest BCUT2D eigenvalue weighted by molar-refractivity contribution is -0.137. The van der Waals surface area contributed by atoms with E-state index in [1.165, 1.54) is 38.4 Å². The minimum Gasteiger partial charge on any atom is -0.378 e. The van der Waals surface area contributed by atoms with E-state index in [9.17, 15) is 26.4 Å². The molecule has 2 aromatic carbocycles. The molecule has 174 valence electrons. The zero-order valence-electron chi connectivity index (χ0n) is 17.6. The third-order valence-corrected chi connectivity index (χ3v) is 6.89. The molecule has 0 aliphatic carbocycles. The number of anilines is 1. The maximum Gasteiger partial charge on any atom is 0.416 e. The van der Waals surface area contributed by atoms with E-state index < -0.39 is 27.7 Å². The van der Waals surface area contributed by atoms with E-state index in [0.717, 1.165) is 16.4 Å². The zero-order chi connectivity index (χ0) is 23.5. The molecule has 0 atom stereocenters. The van der Waals surface area contributed by atoms with Gasteiger partial charge in [-0.05, 0) is 35.9 Å². The first-order valence-corrected chi connectivity index (χ1v) is 11.3. The predicted octanol–water partition coefficient (Wildman–Crippen LogP) is 2.72. The van der Waals surface area contributed by atoms with Crippen molar-refractivity contribution in [1.82, 2.24) is 9.62 Å². The minimum absolute atomic E-state index is 0.00974. The highest BCUT2D eigenvalue weighted by Crippen LogP contribution is 2.29. The Kier molecular flexibility index (Phi) is 7.11. The summed E-state index contributed by atoms with van der Waals surface area (Å²) in [6.07, 6.45) is -4.44. The lowest BCUT2D eigenvalue weighted by Crippen LogP contribution is -2.38. The molecular weight excluding hydrogens is 447 g/mol. The van der Waals surface area contributed by atoms with Gasteiger partial charge in [-0.2, -0.15) is 13.2 Å². The molecule has 0 spiro atoms. The normalized spacial score (nSPS) is 15.1. The number of morpholine rings is 1. The number of nitrogens with zero attached hydrogens (tertiary/aromatic N) is 2. The third kappa shape index (κ3) is 5.40. The Hall–Kier alpha value is -2.63. The number of sulfonamides is 1. The number of benzene rings is 2. The first-order valence-electron chi connectivity index (χ1n) is 9.84. The average Bonchev–Trinajstić information content (AvgIpc) is 2.77. The molecule has 0 aromatic heterocycles. The lowest BCUT2D eigenvalue weighted by Gasteiger charge is -2.30. The van der Waals surface area contributed by atoms with Crippen LogP contribution in [-0.4, -0.2) is 59.0 Å². The van der Waals surface area contributed by atoms with Crippen LogP contribution in [0.2, 0.25) is 0 Å². The first-order chi connectivity index (χ1) is 15.0. The number of carbonyl (C=O) groups excluding carboxylic acids is 1. The number of ether oxygens (including phenoxy) is 1. The van der Waals surface area contributed by atoms with E-state index in [1.807, 2.05) is 4.90 Å². The Morgan fingerprint density at radius 1 is 1.09 bits per heavy atom. The van der Waals surface area contributed by atoms with Crippen LogP contribution in [0.1, 0.15) is 21.5 Å². The monoisotopic (exact) mass is 471 g/mol. The average molecular weight is 472 g/mol. The van der Waals surface area contributed by atoms with E-state index in [2.05, 4.69) is 5.32 Å². The van der Waals surface area contributed by atoms with Gasteiger partial charge < -0.3 is 15.0 Å². The summed E-state index contributed by atoms with van der Waals surface area (Å²) in [4.78, 5) is 14.9. The molecule has 0 unspecified atom stereocenters. The quantitative estimate of drug-likeness (QED) is 0.701. The molecule has 1 aliphatic heterocycles. The predicted molar refractivity (Wildman–Crippen MR) is 113 cm³/mol. The van der Waals surface area contributed by atoms with Gasteiger partial charge in [-0.1, -0.05) is 12.1 Å². The van der Waals surface area contributed by atoms with Crippen LogP contribution in [0, 0.1) is 0 Å². The number of halogens is 3. The van der Waals surface area contributed by atoms with Gasteiger partial charge in [-0.3, -0.25) is 4.79 Å². The molecule has 11 heteroatoms. The highest BCUT2D eigenvalue weighted by molar-refractivity contribution is 7.89. The van der Waals surface area contributed by atoms with E-state index in [0.29, 0.717) is 37.6 Å². The fraction of sp³-hybridized carbons (Fsp3) is 0.381. The highest BCUT2D eigenvalue weighted by Gasteiger charge is 2.30. The molecular formula is C21H24F3N3O4S. The fourth-order valence-electron chi connectivity index (χ4n) is 3.24. The Bertz CT molecular complexity index is 1060. The number of amides is 1. The maximum absolute atomic E-state index is 13.0. The smallest absolute Gasteiger partial charge is 0.378 e. The van der Waals surface area contributed by atoms with Gasteiger partial charge in [0.1, 0.15) is 0 Å². The molecule has 0 radical (unpaired) electrons. The molecule has 1 saturated heterocycles. The number of hydrogen-bond donors (Lipinski definition) is 1. The SMILES string of the molecule is CN(C)S(=O)(=O)c1ccc(N2CCOCC2)c(C(=O)NCc2ccc(C(F)(F)F)cc2)c1. The number of hydrogen-bond acceptors (Lipinski definition) is 5. The molecule has 1 heterocycles. The highest BCUT2D eigenvalue weighted by atomic mass is 32.2. The zero-order valence-corrected chi connectivity index (χ0v) is 18.5. The standard InChI is InChI=1S/C21H24F3N3O4S/c1-26(2)32(29,30)17-7-8-19(27-9-11-31-12-10-27)18(13-17)20(28)25-14-15-3-5-16(6-4-15)21(22,23)24/h3-8,13H,9-12,14H2,1-2H3,(H,25,28). The first kappa shape index (κ1) is 24.0. The summed E-state index contributed by atoms with van der Waals surface area (Å²) in [7, 11) is -0.966. The molecule has 3 rings (SSSR count). The Morgan fingerprint density at radius 2 is 1.72 bits per heavy atom. The van der Waals surface area contributed by atoms with Crippen LogP contribution in [-0.2, 0) is 27.5 Å². The van der Waals surface area contributed by atoms with Crippen molar-refractivity contribution >= 4 is 21.6 Å². The van der Waals surface area contributed by atoms with E-state index in [1.54, 1.807) is 6.07 Å². The van der Waals surface area contributed by atoms with Crippen molar-refractivity contribution < 1.29 is 31.1 Å². The Balaban J connectivity index is 1.86. The summed E-state index contributed by atoms with van der Waals surface area (Å²) in [6, 6.07) is 8.84. The van der Waals surface area contributed by atoms with Gasteiger partial charge in [0.25, 0.3) is 5.91 Å². The van der Waals surface area contributed by atoms with Crippen molar-refractivity contribution in [1.29, 1.82) is 0 Å². The van der Waals surface area contributed by atoms with Crippen molar-refractivity contribution in [3.63, 3.8) is 0 Å². The van der Waals surface area contributed by atoms with Gasteiger partial charge in [0.2, 0.25) is 10.0 Å². The van der Waals surface area contributed by atoms with Gasteiger partial charge in [0.05, 0.1) is 29.2 Å². The van der Waals surface area contributed by atoms with Gasteiger partial charge in [-0.25, -0.2) is 12.7 Å². The molecule has 0 bridgehead atoms. The number of alkyl halides is 3. The van der Waals surface area contributed by atoms with Gasteiger partial charge in [0.15, 0.2) is 0 Å². The molecule has 1 fully saturated rings. The molecule has 1 amide bonds. The molecule has 2 aromatic rings. The molecule has 1 N–H and O–H groups in total. The molecule has 7 nitrogen and oxygen atoms in total. The second kappa shape index (κ2) is 9.47. The van der Waals surface area contributed by atoms with Crippen molar-refractivity contribution in [2.45, 2.75) is 17.6 Å². The van der Waals surface area contributed by atoms with Crippen LogP contribution in [0.25, 0.3) is 0 Å². The van der Waals surface area contributed by atoms with Crippen LogP contribution in [0.4, 0.5) is 18.9 Å². The summed E-state index contributed by atoms with van der Waals surface area (Å²) in [5, 5.41) is 2.67. The van der Waals surface area contributed by atoms with Gasteiger partial charge >= 0.3 is 6.18 Å². The lowest BCUT2D eigenvalue weighted by atomic mass is 10.1. The molecule has 0 saturated carbocycles. The van der Waals surface area contributed by atoms with Gasteiger partial charge in [0, 0.05) is 39.4 Å². The fourth-order valence-corrected chi connectivity index (χ4v) is 4.17. The van der Waals surface area contributed by atoms with Crippen molar-refractivity contribution in [3.8, 4) is 0 Å². The van der Waals surface area contributed by atoms with Crippen LogP contribution in [0.3, 0.4) is 0 Å². The van der Waals surface area contributed by atoms with Crippen molar-refractivity contribution in [3.05, 3.63) is 59.2 Å². The second-order valence-corrected chi connectivity index (χ2v) is 9.59. The summed E-state index contributed by atoms with van der Waals surface area (Å²) in [6.45, 7) is 2.02. The van der Waals surface area contributed by atoms with E-state index in [4.69, 9.17) is 4.74 Å². The van der Waals surface area contributed by atoms with Crippen molar-refractivity contribution in [2.24, 2.45) is 0 Å². The maximum atomic E-state index is 13.0. The Labute approximate surface area is 184 Å². The van der Waals surface area contributed by atoms with Crippen LogP contribution in [0.15, 0.2) is 47.4 Å². The topological polar surface area (TPSA) is 79.0 Å². The summed E-state index contributed by atoms with van der Waals surface area (Å²) >= 11 is 0. The summed E-state index contributed by atoms with van der Waals surface area (Å²) in [5.74, 6) is -0.526. The van der Waals surface area contributed by atoms with Crippen molar-refractivity contribution in [2.75, 3.05) is 45.3 Å². The minimum atomic E-state index is -4.44. The van der Waals surface area contributed by atoms with Crippen LogP contribution in [0.5, 0.6) is 0 Å². The Morgan fingerprint density at radius 3 is 2.28 bits per heavy atom. The molecule has 1 aliphatic rings. The van der Waals surface area contributed by atoms with Gasteiger partial charge in [-0.15, -0.1) is 0 Å². The number of rotatable bonds is 6. The van der Waals surface area contributed by atoms with Crippen LogP contribution >= 0.6 is 0 Å². The van der Waals surface area contributed by atoms with E-state index >= 15 is 0 Å². The third-order valence-electron chi connectivity index (χ3n) is 5.08. The van der Waals surface area contributed by atoms with Crippen LogP contribution < -0.4 is 10.2 Å². The number of carbonyl (C=O) groups is 1. The second-order valence-electron chi connectivity index (χ2n) is 7.44. The largest absolute Gasteiger partial charge is 0.416 e.